The van der Waals surface area contributed by atoms with E-state index in [0.29, 0.717) is 19.3 Å². The zero-order chi connectivity index (χ0) is 38.7. The quantitative estimate of drug-likeness (QED) is 0.0273. The molecule has 0 aromatic heterocycles. The molecular weight excluding hydrogens is 661 g/mol. The molecule has 0 amide bonds. The fraction of sp³-hybridized carbons (Fsp3) is 0.681. The molecule has 0 radical (unpaired) electrons. The van der Waals surface area contributed by atoms with E-state index in [2.05, 4.69) is 93.7 Å². The lowest BCUT2D eigenvalue weighted by Crippen LogP contribution is -2.30. The molecule has 0 spiro atoms. The summed E-state index contributed by atoms with van der Waals surface area (Å²) in [5.74, 6) is -0.991. The normalized spacial score (nSPS) is 12.7. The van der Waals surface area contributed by atoms with E-state index in [4.69, 9.17) is 14.2 Å². The first-order valence-electron chi connectivity index (χ1n) is 21.4. The molecule has 0 aromatic carbocycles. The monoisotopic (exact) mass is 739 g/mol. The summed E-state index contributed by atoms with van der Waals surface area (Å²) in [6.45, 7) is 6.27. The standard InChI is InChI=1S/C47H78O6/c1-4-7-10-13-16-19-22-23-24-26-28-31-34-37-40-46(49)52-43-44(42-51-45(48)39-36-33-30-27-21-18-15-12-9-6-3)53-47(50)41-38-35-32-29-25-20-17-14-11-8-5-2/h7-8,10-11,15-20,29,32,44H,4-6,9,12-14,21-28,30-31,33-43H2,1-3H3/b10-7-,11-8-,18-15-,19-16-,20-17-,32-29-. The Morgan fingerprint density at radius 3 is 1.23 bits per heavy atom. The smallest absolute Gasteiger partial charge is 0.306 e. The second-order valence-corrected chi connectivity index (χ2v) is 13.8. The second kappa shape index (κ2) is 41.6. The zero-order valence-electron chi connectivity index (χ0n) is 34.3. The number of allylic oxidation sites excluding steroid dienone is 12. The Hall–Kier alpha value is -3.15. The third-order valence-corrected chi connectivity index (χ3v) is 8.68. The van der Waals surface area contributed by atoms with Crippen molar-refractivity contribution in [3.63, 3.8) is 0 Å². The van der Waals surface area contributed by atoms with Gasteiger partial charge in [-0.1, -0.05) is 151 Å². The minimum Gasteiger partial charge on any atom is -0.462 e. The van der Waals surface area contributed by atoms with Crippen molar-refractivity contribution in [3.05, 3.63) is 72.9 Å². The molecule has 6 nitrogen and oxygen atoms in total. The molecule has 0 saturated carbocycles. The van der Waals surface area contributed by atoms with Crippen LogP contribution >= 0.6 is 0 Å². The molecular formula is C47H78O6. The maximum Gasteiger partial charge on any atom is 0.306 e. The van der Waals surface area contributed by atoms with Crippen molar-refractivity contribution in [1.82, 2.24) is 0 Å². The minimum atomic E-state index is -0.806. The van der Waals surface area contributed by atoms with Gasteiger partial charge >= 0.3 is 17.9 Å². The summed E-state index contributed by atoms with van der Waals surface area (Å²) >= 11 is 0. The van der Waals surface area contributed by atoms with E-state index in [1.807, 2.05) is 0 Å². The Morgan fingerprint density at radius 2 is 0.755 bits per heavy atom. The summed E-state index contributed by atoms with van der Waals surface area (Å²) in [7, 11) is 0. The predicted octanol–water partition coefficient (Wildman–Crippen LogP) is 13.5. The first-order valence-corrected chi connectivity index (χ1v) is 21.4. The lowest BCUT2D eigenvalue weighted by atomic mass is 10.1. The lowest BCUT2D eigenvalue weighted by Gasteiger charge is -2.18. The van der Waals surface area contributed by atoms with Gasteiger partial charge in [0.05, 0.1) is 0 Å². The summed E-state index contributed by atoms with van der Waals surface area (Å²) in [5.41, 5.74) is 0. The van der Waals surface area contributed by atoms with Gasteiger partial charge in [0.1, 0.15) is 13.2 Å². The van der Waals surface area contributed by atoms with Crippen LogP contribution in [0.25, 0.3) is 0 Å². The van der Waals surface area contributed by atoms with Gasteiger partial charge in [-0.2, -0.15) is 0 Å². The highest BCUT2D eigenvalue weighted by molar-refractivity contribution is 5.71. The largest absolute Gasteiger partial charge is 0.462 e. The highest BCUT2D eigenvalue weighted by Crippen LogP contribution is 2.12. The van der Waals surface area contributed by atoms with E-state index in [-0.39, 0.29) is 37.5 Å². The Labute approximate surface area is 325 Å². The van der Waals surface area contributed by atoms with Crippen molar-refractivity contribution < 1.29 is 28.6 Å². The molecule has 53 heavy (non-hydrogen) atoms. The highest BCUT2D eigenvalue weighted by Gasteiger charge is 2.19. The van der Waals surface area contributed by atoms with Gasteiger partial charge in [-0.3, -0.25) is 14.4 Å². The molecule has 302 valence electrons. The van der Waals surface area contributed by atoms with Gasteiger partial charge in [-0.05, 0) is 89.9 Å². The number of rotatable bonds is 37. The van der Waals surface area contributed by atoms with Crippen LogP contribution in [-0.4, -0.2) is 37.2 Å². The van der Waals surface area contributed by atoms with E-state index >= 15 is 0 Å². The summed E-state index contributed by atoms with van der Waals surface area (Å²) in [6, 6.07) is 0. The van der Waals surface area contributed by atoms with Crippen molar-refractivity contribution >= 4 is 17.9 Å². The van der Waals surface area contributed by atoms with Crippen molar-refractivity contribution in [1.29, 1.82) is 0 Å². The number of esters is 3. The maximum atomic E-state index is 12.6. The third kappa shape index (κ3) is 39.9. The third-order valence-electron chi connectivity index (χ3n) is 8.68. The fourth-order valence-corrected chi connectivity index (χ4v) is 5.48. The average Bonchev–Trinajstić information content (AvgIpc) is 3.15. The van der Waals surface area contributed by atoms with Crippen LogP contribution in [0.1, 0.15) is 188 Å². The number of carbonyl (C=O) groups excluding carboxylic acids is 3. The average molecular weight is 739 g/mol. The van der Waals surface area contributed by atoms with Crippen molar-refractivity contribution in [2.24, 2.45) is 0 Å². The second-order valence-electron chi connectivity index (χ2n) is 13.8. The van der Waals surface area contributed by atoms with Crippen LogP contribution in [0.3, 0.4) is 0 Å². The Bertz CT molecular complexity index is 1030. The molecule has 0 fully saturated rings. The first kappa shape index (κ1) is 49.9. The van der Waals surface area contributed by atoms with Gasteiger partial charge in [0.25, 0.3) is 0 Å². The van der Waals surface area contributed by atoms with Crippen LogP contribution < -0.4 is 0 Å². The zero-order valence-corrected chi connectivity index (χ0v) is 34.3. The molecule has 0 saturated heterocycles. The van der Waals surface area contributed by atoms with Crippen molar-refractivity contribution in [2.75, 3.05) is 13.2 Å². The van der Waals surface area contributed by atoms with Gasteiger partial charge < -0.3 is 14.2 Å². The van der Waals surface area contributed by atoms with Gasteiger partial charge in [0.2, 0.25) is 0 Å². The number of ether oxygens (including phenoxy) is 3. The van der Waals surface area contributed by atoms with Gasteiger partial charge in [0, 0.05) is 19.3 Å². The molecule has 0 aliphatic heterocycles. The fourth-order valence-electron chi connectivity index (χ4n) is 5.48. The molecule has 1 atom stereocenters. The minimum absolute atomic E-state index is 0.105. The van der Waals surface area contributed by atoms with Gasteiger partial charge in [0.15, 0.2) is 6.10 Å². The SMILES string of the molecule is CC/C=C\C/C=C\C/C=C\CCCC(=O)OC(COC(=O)CCCCCC/C=C\CCCC)COC(=O)CCCCCCCCC/C=C\C/C=C\CC. The highest BCUT2D eigenvalue weighted by atomic mass is 16.6. The van der Waals surface area contributed by atoms with E-state index in [1.165, 1.54) is 38.5 Å². The van der Waals surface area contributed by atoms with Crippen LogP contribution in [0.15, 0.2) is 72.9 Å². The van der Waals surface area contributed by atoms with Gasteiger partial charge in [-0.15, -0.1) is 0 Å². The van der Waals surface area contributed by atoms with E-state index in [1.54, 1.807) is 0 Å². The predicted molar refractivity (Wildman–Crippen MR) is 224 cm³/mol. The van der Waals surface area contributed by atoms with E-state index in [9.17, 15) is 14.4 Å². The van der Waals surface area contributed by atoms with Gasteiger partial charge in [-0.25, -0.2) is 0 Å². The first-order chi connectivity index (χ1) is 26.0. The van der Waals surface area contributed by atoms with Crippen LogP contribution in [0, 0.1) is 0 Å². The molecule has 0 bridgehead atoms. The summed E-state index contributed by atoms with van der Waals surface area (Å²) in [5, 5.41) is 0. The molecule has 0 aliphatic carbocycles. The lowest BCUT2D eigenvalue weighted by molar-refractivity contribution is -0.167. The van der Waals surface area contributed by atoms with Crippen molar-refractivity contribution in [2.45, 2.75) is 194 Å². The summed E-state index contributed by atoms with van der Waals surface area (Å²) in [4.78, 5) is 37.6. The Kier molecular flexibility index (Phi) is 39.1. The molecule has 0 aromatic rings. The van der Waals surface area contributed by atoms with E-state index < -0.39 is 6.10 Å². The maximum absolute atomic E-state index is 12.6. The van der Waals surface area contributed by atoms with Crippen LogP contribution in [0.4, 0.5) is 0 Å². The Morgan fingerprint density at radius 1 is 0.396 bits per heavy atom. The van der Waals surface area contributed by atoms with Crippen LogP contribution in [0.2, 0.25) is 0 Å². The molecule has 0 aliphatic rings. The van der Waals surface area contributed by atoms with Crippen LogP contribution in [-0.2, 0) is 28.6 Å². The molecule has 1 unspecified atom stereocenters. The topological polar surface area (TPSA) is 78.9 Å². The molecule has 0 N–H and O–H groups in total. The summed E-state index contributed by atoms with van der Waals surface area (Å²) < 4.78 is 16.6. The van der Waals surface area contributed by atoms with Crippen LogP contribution in [0.5, 0.6) is 0 Å². The Balaban J connectivity index is 4.46. The summed E-state index contributed by atoms with van der Waals surface area (Å²) in [6.07, 6.45) is 50.4. The molecule has 6 heteroatoms. The number of hydrogen-bond acceptors (Lipinski definition) is 6. The number of hydrogen-bond donors (Lipinski definition) is 0. The van der Waals surface area contributed by atoms with Crippen molar-refractivity contribution in [3.8, 4) is 0 Å². The number of unbranched alkanes of at least 4 members (excludes halogenated alkanes) is 14. The van der Waals surface area contributed by atoms with E-state index in [0.717, 1.165) is 103 Å². The molecule has 0 rings (SSSR count). The number of carbonyl (C=O) groups is 3. The molecule has 0 heterocycles.